The van der Waals surface area contributed by atoms with Crippen LogP contribution < -0.4 is 4.43 Å². The fraction of sp³-hybridized carbons (Fsp3) is 0.500. The van der Waals surface area contributed by atoms with E-state index in [1.807, 2.05) is 12.1 Å². The first kappa shape index (κ1) is 13.2. The average Bonchev–Trinajstić information content (AvgIpc) is 2.25. The Labute approximate surface area is 99.3 Å². The van der Waals surface area contributed by atoms with Crippen molar-refractivity contribution in [3.8, 4) is 5.75 Å². The van der Waals surface area contributed by atoms with Crippen molar-refractivity contribution < 1.29 is 13.3 Å². The lowest BCUT2D eigenvalue weighted by Gasteiger charge is -2.19. The van der Waals surface area contributed by atoms with Crippen molar-refractivity contribution in [3.05, 3.63) is 29.8 Å². The molecule has 1 aromatic rings. The van der Waals surface area contributed by atoms with Crippen LogP contribution in [0.4, 0.5) is 0 Å². The minimum atomic E-state index is -1.62. The van der Waals surface area contributed by atoms with Crippen molar-refractivity contribution in [2.75, 3.05) is 14.2 Å². The Balaban J connectivity index is 2.72. The Kier molecular flexibility index (Phi) is 4.52. The number of benzene rings is 1. The lowest BCUT2D eigenvalue weighted by atomic mass is 9.87. The molecule has 0 unspecified atom stereocenters. The molecule has 0 saturated carbocycles. The zero-order valence-electron chi connectivity index (χ0n) is 10.5. The van der Waals surface area contributed by atoms with Gasteiger partial charge in [0.25, 0.3) is 0 Å². The summed E-state index contributed by atoms with van der Waals surface area (Å²) in [6, 6.07) is 8.03. The van der Waals surface area contributed by atoms with Crippen LogP contribution in [0.1, 0.15) is 26.3 Å². The maximum absolute atomic E-state index is 5.54. The Morgan fingerprint density at radius 3 is 1.81 bits per heavy atom. The molecule has 1 aromatic carbocycles. The largest absolute Gasteiger partial charge is 0.655 e. The molecule has 16 heavy (non-hydrogen) atoms. The smallest absolute Gasteiger partial charge is 0.498 e. The monoisotopic (exact) mass is 239 g/mol. The fourth-order valence-electron chi connectivity index (χ4n) is 1.29. The van der Waals surface area contributed by atoms with E-state index < -0.39 is 9.53 Å². The van der Waals surface area contributed by atoms with Gasteiger partial charge in [0.1, 0.15) is 5.75 Å². The third-order valence-corrected chi connectivity index (χ3v) is 3.32. The van der Waals surface area contributed by atoms with Crippen LogP contribution >= 0.6 is 0 Å². The second-order valence-corrected chi connectivity index (χ2v) is 6.06. The summed E-state index contributed by atoms with van der Waals surface area (Å²) >= 11 is 0. The third-order valence-electron chi connectivity index (χ3n) is 2.25. The van der Waals surface area contributed by atoms with Gasteiger partial charge in [0.15, 0.2) is 0 Å². The Hall–Kier alpha value is -0.843. The summed E-state index contributed by atoms with van der Waals surface area (Å²) in [5, 5.41) is 0. The number of hydrogen-bond acceptors (Lipinski definition) is 3. The van der Waals surface area contributed by atoms with Crippen LogP contribution in [0.5, 0.6) is 5.75 Å². The van der Waals surface area contributed by atoms with E-state index in [9.17, 15) is 0 Å². The lowest BCUT2D eigenvalue weighted by Crippen LogP contribution is -2.27. The predicted molar refractivity (Wildman–Crippen MR) is 65.5 cm³/mol. The zero-order valence-corrected chi connectivity index (χ0v) is 11.5. The average molecular weight is 239 g/mol. The van der Waals surface area contributed by atoms with E-state index >= 15 is 0 Å². The van der Waals surface area contributed by atoms with E-state index in [1.165, 1.54) is 5.56 Å². The van der Waals surface area contributed by atoms with Gasteiger partial charge in [0, 0.05) is 14.2 Å². The second kappa shape index (κ2) is 5.47. The van der Waals surface area contributed by atoms with E-state index in [0.717, 1.165) is 5.75 Å². The van der Waals surface area contributed by atoms with Gasteiger partial charge in [-0.1, -0.05) is 32.9 Å². The minimum absolute atomic E-state index is 0.162. The first-order valence-electron chi connectivity index (χ1n) is 5.20. The first-order valence-corrected chi connectivity index (χ1v) is 6.43. The molecule has 0 aliphatic rings. The summed E-state index contributed by atoms with van der Waals surface area (Å²) in [6.45, 7) is 6.55. The third kappa shape index (κ3) is 3.63. The van der Waals surface area contributed by atoms with Crippen LogP contribution in [0.3, 0.4) is 0 Å². The summed E-state index contributed by atoms with van der Waals surface area (Å²) in [6.07, 6.45) is 0. The van der Waals surface area contributed by atoms with Gasteiger partial charge in [-0.15, -0.1) is 0 Å². The summed E-state index contributed by atoms with van der Waals surface area (Å²) in [5.41, 5.74) is 1.44. The fourth-order valence-corrected chi connectivity index (χ4v) is 1.95. The minimum Gasteiger partial charge on any atom is -0.498 e. The van der Waals surface area contributed by atoms with Gasteiger partial charge in [-0.25, -0.2) is 0 Å². The van der Waals surface area contributed by atoms with Gasteiger partial charge in [-0.05, 0) is 23.1 Å². The van der Waals surface area contributed by atoms with Crippen LogP contribution in [0, 0.1) is 0 Å². The zero-order chi connectivity index (χ0) is 12.2. The molecule has 1 rings (SSSR count). The molecule has 0 aliphatic heterocycles. The highest BCUT2D eigenvalue weighted by Gasteiger charge is 2.18. The Bertz CT molecular complexity index is 312. The van der Waals surface area contributed by atoms with Crippen molar-refractivity contribution >= 4 is 9.53 Å². The van der Waals surface area contributed by atoms with Crippen LogP contribution in [0.2, 0.25) is 0 Å². The number of hydrogen-bond donors (Lipinski definition) is 0. The SMILES string of the molecule is CO[Si](OC)Oc1ccc(C(C)(C)C)cc1. The molecule has 0 heterocycles. The quantitative estimate of drug-likeness (QED) is 0.756. The molecule has 89 valence electrons. The molecule has 0 aromatic heterocycles. The van der Waals surface area contributed by atoms with Crippen LogP contribution in [0.25, 0.3) is 0 Å². The molecule has 0 saturated heterocycles. The standard InChI is InChI=1S/C12H19O3Si/c1-12(2,3)10-6-8-11(9-7-10)15-16(13-4)14-5/h6-9H,1-5H3. The first-order chi connectivity index (χ1) is 7.47. The molecule has 3 nitrogen and oxygen atoms in total. The van der Waals surface area contributed by atoms with E-state index in [1.54, 1.807) is 14.2 Å². The molecule has 0 atom stereocenters. The summed E-state index contributed by atoms with van der Waals surface area (Å²) < 4.78 is 15.7. The molecule has 0 bridgehead atoms. The topological polar surface area (TPSA) is 27.7 Å². The van der Waals surface area contributed by atoms with Crippen LogP contribution in [0.15, 0.2) is 24.3 Å². The molecule has 0 fully saturated rings. The van der Waals surface area contributed by atoms with Gasteiger partial charge < -0.3 is 13.3 Å². The molecule has 1 radical (unpaired) electrons. The molecule has 0 amide bonds. The maximum Gasteiger partial charge on any atom is 0.655 e. The van der Waals surface area contributed by atoms with Gasteiger partial charge in [0.05, 0.1) is 0 Å². The van der Waals surface area contributed by atoms with Crippen molar-refractivity contribution in [1.29, 1.82) is 0 Å². The maximum atomic E-state index is 5.54. The Morgan fingerprint density at radius 1 is 0.938 bits per heavy atom. The van der Waals surface area contributed by atoms with Crippen molar-refractivity contribution in [1.82, 2.24) is 0 Å². The van der Waals surface area contributed by atoms with Gasteiger partial charge in [-0.3, -0.25) is 0 Å². The van der Waals surface area contributed by atoms with Crippen molar-refractivity contribution in [2.45, 2.75) is 26.2 Å². The predicted octanol–water partition coefficient (Wildman–Crippen LogP) is 2.64. The molecule has 0 aliphatic carbocycles. The van der Waals surface area contributed by atoms with Gasteiger partial charge in [0.2, 0.25) is 0 Å². The summed E-state index contributed by atoms with van der Waals surface area (Å²) in [7, 11) is 1.55. The molecular formula is C12H19O3Si. The highest BCUT2D eigenvalue weighted by Crippen LogP contribution is 2.24. The van der Waals surface area contributed by atoms with Gasteiger partial charge >= 0.3 is 9.53 Å². The van der Waals surface area contributed by atoms with E-state index in [2.05, 4.69) is 32.9 Å². The second-order valence-electron chi connectivity index (χ2n) is 4.53. The van der Waals surface area contributed by atoms with E-state index in [4.69, 9.17) is 13.3 Å². The van der Waals surface area contributed by atoms with Crippen LogP contribution in [-0.2, 0) is 14.3 Å². The molecular weight excluding hydrogens is 220 g/mol. The van der Waals surface area contributed by atoms with Crippen molar-refractivity contribution in [3.63, 3.8) is 0 Å². The van der Waals surface area contributed by atoms with E-state index in [-0.39, 0.29) is 5.41 Å². The normalized spacial score (nSPS) is 11.9. The summed E-state index contributed by atoms with van der Waals surface area (Å²) in [4.78, 5) is 0. The lowest BCUT2D eigenvalue weighted by molar-refractivity contribution is 0.201. The van der Waals surface area contributed by atoms with Gasteiger partial charge in [-0.2, -0.15) is 0 Å². The van der Waals surface area contributed by atoms with E-state index in [0.29, 0.717) is 0 Å². The highest BCUT2D eigenvalue weighted by molar-refractivity contribution is 6.37. The molecule has 4 heteroatoms. The molecule has 0 N–H and O–H groups in total. The summed E-state index contributed by atoms with van der Waals surface area (Å²) in [5.74, 6) is 0.783. The van der Waals surface area contributed by atoms with Crippen molar-refractivity contribution in [2.24, 2.45) is 0 Å². The van der Waals surface area contributed by atoms with Crippen LogP contribution in [-0.4, -0.2) is 23.7 Å². The number of rotatable bonds is 4. The highest BCUT2D eigenvalue weighted by atomic mass is 28.3. The molecule has 0 spiro atoms. The Morgan fingerprint density at radius 2 is 1.44 bits per heavy atom.